The van der Waals surface area contributed by atoms with E-state index in [9.17, 15) is 9.90 Å². The van der Waals surface area contributed by atoms with Gasteiger partial charge in [-0.15, -0.1) is 0 Å². The molecule has 2 heteroatoms. The number of rotatable bonds is 7. The van der Waals surface area contributed by atoms with E-state index in [2.05, 4.69) is 6.92 Å². The maximum Gasteiger partial charge on any atom is 0.191 e. The largest absolute Gasteiger partial charge is 0.385 e. The van der Waals surface area contributed by atoms with Crippen molar-refractivity contribution in [2.45, 2.75) is 45.6 Å². The van der Waals surface area contributed by atoms with Crippen molar-refractivity contribution in [1.82, 2.24) is 0 Å². The first-order valence-electron chi connectivity index (χ1n) is 6.48. The van der Waals surface area contributed by atoms with E-state index in [0.717, 1.165) is 25.7 Å². The smallest absolute Gasteiger partial charge is 0.191 e. The SMILES string of the molecule is CCCCC(CC)C(O)C(=O)c1ccccc1. The summed E-state index contributed by atoms with van der Waals surface area (Å²) in [5.74, 6) is -0.0591. The van der Waals surface area contributed by atoms with Crippen LogP contribution >= 0.6 is 0 Å². The average Bonchev–Trinajstić information content (AvgIpc) is 2.39. The van der Waals surface area contributed by atoms with E-state index in [-0.39, 0.29) is 11.7 Å². The molecule has 2 nitrogen and oxygen atoms in total. The fourth-order valence-corrected chi connectivity index (χ4v) is 2.04. The molecule has 0 aliphatic carbocycles. The lowest BCUT2D eigenvalue weighted by Gasteiger charge is -2.20. The van der Waals surface area contributed by atoms with Crippen LogP contribution in [0.5, 0.6) is 0 Å². The van der Waals surface area contributed by atoms with Crippen molar-refractivity contribution in [3.05, 3.63) is 35.9 Å². The minimum atomic E-state index is -0.853. The monoisotopic (exact) mass is 234 g/mol. The summed E-state index contributed by atoms with van der Waals surface area (Å²) in [5.41, 5.74) is 0.606. The fourth-order valence-electron chi connectivity index (χ4n) is 2.04. The Morgan fingerprint density at radius 3 is 2.41 bits per heavy atom. The first-order chi connectivity index (χ1) is 8.20. The number of hydrogen-bond donors (Lipinski definition) is 1. The molecule has 17 heavy (non-hydrogen) atoms. The summed E-state index contributed by atoms with van der Waals surface area (Å²) < 4.78 is 0. The van der Waals surface area contributed by atoms with E-state index in [1.54, 1.807) is 12.1 Å². The number of aliphatic hydroxyl groups excluding tert-OH is 1. The zero-order valence-electron chi connectivity index (χ0n) is 10.7. The van der Waals surface area contributed by atoms with Gasteiger partial charge in [-0.05, 0) is 12.3 Å². The van der Waals surface area contributed by atoms with Crippen molar-refractivity contribution in [1.29, 1.82) is 0 Å². The van der Waals surface area contributed by atoms with Gasteiger partial charge in [0.15, 0.2) is 5.78 Å². The molecule has 0 aromatic heterocycles. The van der Waals surface area contributed by atoms with Crippen LogP contribution in [0, 0.1) is 5.92 Å². The first-order valence-corrected chi connectivity index (χ1v) is 6.48. The Morgan fingerprint density at radius 2 is 1.88 bits per heavy atom. The number of aliphatic hydroxyl groups is 1. The average molecular weight is 234 g/mol. The summed E-state index contributed by atoms with van der Waals surface area (Å²) in [5, 5.41) is 10.1. The lowest BCUT2D eigenvalue weighted by Crippen LogP contribution is -2.29. The van der Waals surface area contributed by atoms with Gasteiger partial charge >= 0.3 is 0 Å². The Hall–Kier alpha value is -1.15. The van der Waals surface area contributed by atoms with Crippen molar-refractivity contribution in [3.63, 3.8) is 0 Å². The fraction of sp³-hybridized carbons (Fsp3) is 0.533. The number of carbonyl (C=O) groups excluding carboxylic acids is 1. The van der Waals surface area contributed by atoms with Crippen LogP contribution in [0.1, 0.15) is 49.9 Å². The summed E-state index contributed by atoms with van der Waals surface area (Å²) in [6.45, 7) is 4.15. The zero-order chi connectivity index (χ0) is 12.7. The third kappa shape index (κ3) is 3.97. The molecule has 0 aliphatic heterocycles. The normalized spacial score (nSPS) is 14.3. The molecular weight excluding hydrogens is 212 g/mol. The van der Waals surface area contributed by atoms with Gasteiger partial charge in [0.05, 0.1) is 0 Å². The van der Waals surface area contributed by atoms with E-state index in [4.69, 9.17) is 0 Å². The summed E-state index contributed by atoms with van der Waals surface area (Å²) >= 11 is 0. The Kier molecular flexibility index (Phi) is 5.92. The number of carbonyl (C=O) groups is 1. The number of unbranched alkanes of at least 4 members (excludes halogenated alkanes) is 1. The number of hydrogen-bond acceptors (Lipinski definition) is 2. The molecule has 2 atom stereocenters. The van der Waals surface area contributed by atoms with Crippen LogP contribution in [0.2, 0.25) is 0 Å². The highest BCUT2D eigenvalue weighted by Crippen LogP contribution is 2.20. The van der Waals surface area contributed by atoms with E-state index in [0.29, 0.717) is 5.56 Å². The molecule has 1 N–H and O–H groups in total. The molecule has 0 amide bonds. The highest BCUT2D eigenvalue weighted by Gasteiger charge is 2.24. The maximum atomic E-state index is 12.1. The molecule has 0 bridgehead atoms. The summed E-state index contributed by atoms with van der Waals surface area (Å²) in [6.07, 6.45) is 3.08. The van der Waals surface area contributed by atoms with Gasteiger partial charge in [-0.2, -0.15) is 0 Å². The predicted molar refractivity (Wildman–Crippen MR) is 70.1 cm³/mol. The Balaban J connectivity index is 2.67. The van der Waals surface area contributed by atoms with Crippen LogP contribution < -0.4 is 0 Å². The van der Waals surface area contributed by atoms with E-state index in [1.165, 1.54) is 0 Å². The summed E-state index contributed by atoms with van der Waals surface area (Å²) in [7, 11) is 0. The molecule has 1 aromatic carbocycles. The molecule has 0 saturated carbocycles. The Labute approximate surface area is 104 Å². The van der Waals surface area contributed by atoms with Gasteiger partial charge < -0.3 is 5.11 Å². The molecule has 94 valence electrons. The quantitative estimate of drug-likeness (QED) is 0.734. The van der Waals surface area contributed by atoms with Gasteiger partial charge in [0, 0.05) is 5.56 Å². The number of ketones is 1. The third-order valence-electron chi connectivity index (χ3n) is 3.23. The molecule has 0 radical (unpaired) electrons. The van der Waals surface area contributed by atoms with Gasteiger partial charge in [-0.3, -0.25) is 4.79 Å². The molecule has 1 rings (SSSR count). The van der Waals surface area contributed by atoms with E-state index < -0.39 is 6.10 Å². The van der Waals surface area contributed by atoms with Crippen molar-refractivity contribution in [2.75, 3.05) is 0 Å². The van der Waals surface area contributed by atoms with Crippen LogP contribution in [-0.4, -0.2) is 17.0 Å². The van der Waals surface area contributed by atoms with Crippen molar-refractivity contribution < 1.29 is 9.90 Å². The topological polar surface area (TPSA) is 37.3 Å². The molecule has 0 heterocycles. The van der Waals surface area contributed by atoms with Gasteiger partial charge in [0.2, 0.25) is 0 Å². The lowest BCUT2D eigenvalue weighted by molar-refractivity contribution is 0.0576. The highest BCUT2D eigenvalue weighted by atomic mass is 16.3. The van der Waals surface area contributed by atoms with Crippen LogP contribution in [0.15, 0.2) is 30.3 Å². The van der Waals surface area contributed by atoms with Crippen molar-refractivity contribution in [3.8, 4) is 0 Å². The van der Waals surface area contributed by atoms with E-state index >= 15 is 0 Å². The molecule has 2 unspecified atom stereocenters. The van der Waals surface area contributed by atoms with Crippen LogP contribution in [-0.2, 0) is 0 Å². The molecule has 0 aliphatic rings. The standard InChI is InChI=1S/C15H22O2/c1-3-5-9-12(4-2)14(16)15(17)13-10-7-6-8-11-13/h6-8,10-12,14,16H,3-5,9H2,1-2H3. The minimum absolute atomic E-state index is 0.0858. The van der Waals surface area contributed by atoms with Crippen LogP contribution in [0.3, 0.4) is 0 Å². The second kappa shape index (κ2) is 7.23. The molecular formula is C15H22O2. The van der Waals surface area contributed by atoms with E-state index in [1.807, 2.05) is 25.1 Å². The van der Waals surface area contributed by atoms with Gasteiger partial charge in [0.1, 0.15) is 6.10 Å². The van der Waals surface area contributed by atoms with Gasteiger partial charge in [-0.1, -0.05) is 63.4 Å². The molecule has 0 spiro atoms. The lowest BCUT2D eigenvalue weighted by atomic mass is 9.89. The number of Topliss-reactive ketones (excluding diaryl/α,β-unsaturated/α-hetero) is 1. The van der Waals surface area contributed by atoms with Crippen molar-refractivity contribution in [2.24, 2.45) is 5.92 Å². The molecule has 0 fully saturated rings. The summed E-state index contributed by atoms with van der Waals surface area (Å²) in [4.78, 5) is 12.1. The highest BCUT2D eigenvalue weighted by molar-refractivity contribution is 5.99. The van der Waals surface area contributed by atoms with Crippen molar-refractivity contribution >= 4 is 5.78 Å². The van der Waals surface area contributed by atoms with Crippen LogP contribution in [0.25, 0.3) is 0 Å². The minimum Gasteiger partial charge on any atom is -0.385 e. The predicted octanol–water partition coefficient (Wildman–Crippen LogP) is 3.45. The third-order valence-corrected chi connectivity index (χ3v) is 3.23. The maximum absolute atomic E-state index is 12.1. The van der Waals surface area contributed by atoms with Crippen LogP contribution in [0.4, 0.5) is 0 Å². The second-order valence-corrected chi connectivity index (χ2v) is 4.49. The number of benzene rings is 1. The molecule has 1 aromatic rings. The van der Waals surface area contributed by atoms with Gasteiger partial charge in [-0.25, -0.2) is 0 Å². The Morgan fingerprint density at radius 1 is 1.24 bits per heavy atom. The second-order valence-electron chi connectivity index (χ2n) is 4.49. The Bertz CT molecular complexity index is 332. The van der Waals surface area contributed by atoms with Gasteiger partial charge in [0.25, 0.3) is 0 Å². The molecule has 0 saturated heterocycles. The summed E-state index contributed by atoms with van der Waals surface area (Å²) in [6, 6.07) is 9.05. The zero-order valence-corrected chi connectivity index (χ0v) is 10.7. The first kappa shape index (κ1) is 13.9.